The van der Waals surface area contributed by atoms with Gasteiger partial charge >= 0.3 is 0 Å². The fraction of sp³-hybridized carbons (Fsp3) is 0.524. The molecule has 0 radical (unpaired) electrons. The summed E-state index contributed by atoms with van der Waals surface area (Å²) in [7, 11) is 0. The minimum absolute atomic E-state index is 0.105. The van der Waals surface area contributed by atoms with E-state index in [0.29, 0.717) is 34.6 Å². The van der Waals surface area contributed by atoms with Crippen molar-refractivity contribution in [3.05, 3.63) is 45.7 Å². The van der Waals surface area contributed by atoms with Crippen LogP contribution in [0.5, 0.6) is 5.75 Å². The van der Waals surface area contributed by atoms with E-state index in [0.717, 1.165) is 31.6 Å². The first-order chi connectivity index (χ1) is 14.4. The summed E-state index contributed by atoms with van der Waals surface area (Å²) in [4.78, 5) is 14.6. The van der Waals surface area contributed by atoms with E-state index in [2.05, 4.69) is 15.3 Å². The van der Waals surface area contributed by atoms with Crippen molar-refractivity contribution in [2.24, 2.45) is 0 Å². The number of aliphatic hydroxyl groups excluding tert-OH is 1. The molecule has 1 aliphatic heterocycles. The van der Waals surface area contributed by atoms with Gasteiger partial charge in [0.15, 0.2) is 0 Å². The predicted octanol–water partition coefficient (Wildman–Crippen LogP) is 3.15. The maximum absolute atomic E-state index is 12.4. The monoisotopic (exact) mass is 454 g/mol. The van der Waals surface area contributed by atoms with Gasteiger partial charge < -0.3 is 20.1 Å². The van der Waals surface area contributed by atoms with Crippen molar-refractivity contribution in [3.8, 4) is 5.75 Å². The van der Waals surface area contributed by atoms with E-state index in [1.54, 1.807) is 22.9 Å². The van der Waals surface area contributed by atoms with E-state index >= 15 is 0 Å². The molecule has 9 heteroatoms. The molecule has 1 saturated heterocycles. The molecule has 0 unspecified atom stereocenters. The molecule has 1 fully saturated rings. The number of benzene rings is 1. The quantitative estimate of drug-likeness (QED) is 0.640. The van der Waals surface area contributed by atoms with Crippen LogP contribution >= 0.6 is 23.2 Å². The molecule has 1 aromatic heterocycles. The van der Waals surface area contributed by atoms with E-state index in [1.165, 1.54) is 0 Å². The number of β-amino-alcohol motifs (C(OH)–C–C–N with tert-alkyl or cyclic N) is 1. The van der Waals surface area contributed by atoms with Crippen LogP contribution in [0.2, 0.25) is 10.0 Å². The number of hydrogen-bond acceptors (Lipinski definition) is 5. The standard InChI is InChI=1S/C21H28Cl2N4O3/c1-3-27-20(10-14(2)25-27)21(29)24-12-15(28)13-26-8-6-16(7-9-26)30-17-4-5-18(22)19(23)11-17/h4-5,10-11,15-16,28H,3,6-9,12-13H2,1-2H3,(H,24,29)/t15-/m1/s1. The van der Waals surface area contributed by atoms with Gasteiger partial charge in [0, 0.05) is 38.8 Å². The summed E-state index contributed by atoms with van der Waals surface area (Å²) >= 11 is 12.0. The molecule has 2 aromatic rings. The van der Waals surface area contributed by atoms with Crippen LogP contribution in [0.4, 0.5) is 0 Å². The molecule has 0 spiro atoms. The summed E-state index contributed by atoms with van der Waals surface area (Å²) in [6.07, 6.45) is 1.18. The highest BCUT2D eigenvalue weighted by molar-refractivity contribution is 6.42. The van der Waals surface area contributed by atoms with Gasteiger partial charge in [-0.2, -0.15) is 5.10 Å². The van der Waals surface area contributed by atoms with Crippen molar-refractivity contribution < 1.29 is 14.6 Å². The fourth-order valence-electron chi connectivity index (χ4n) is 3.59. The highest BCUT2D eigenvalue weighted by atomic mass is 35.5. The summed E-state index contributed by atoms with van der Waals surface area (Å²) in [5.41, 5.74) is 1.32. The van der Waals surface area contributed by atoms with Crippen LogP contribution in [-0.4, -0.2) is 64.1 Å². The molecule has 1 amide bonds. The second kappa shape index (κ2) is 10.5. The van der Waals surface area contributed by atoms with Crippen molar-refractivity contribution in [2.45, 2.75) is 45.4 Å². The molecule has 0 bridgehead atoms. The second-order valence-electron chi connectivity index (χ2n) is 7.54. The van der Waals surface area contributed by atoms with Gasteiger partial charge in [-0.15, -0.1) is 0 Å². The molecule has 1 aromatic carbocycles. The molecule has 30 heavy (non-hydrogen) atoms. The van der Waals surface area contributed by atoms with Crippen molar-refractivity contribution >= 4 is 29.1 Å². The van der Waals surface area contributed by atoms with Gasteiger partial charge in [-0.3, -0.25) is 9.48 Å². The zero-order valence-electron chi connectivity index (χ0n) is 17.3. The summed E-state index contributed by atoms with van der Waals surface area (Å²) in [6.45, 7) is 6.76. The summed E-state index contributed by atoms with van der Waals surface area (Å²) in [5.74, 6) is 0.498. The first-order valence-corrected chi connectivity index (χ1v) is 11.0. The number of halogens is 2. The van der Waals surface area contributed by atoms with Gasteiger partial charge in [0.25, 0.3) is 5.91 Å². The minimum Gasteiger partial charge on any atom is -0.490 e. The SMILES string of the molecule is CCn1nc(C)cc1C(=O)NC[C@@H](O)CN1CCC(Oc2ccc(Cl)c(Cl)c2)CC1. The Labute approximate surface area is 186 Å². The lowest BCUT2D eigenvalue weighted by Gasteiger charge is -2.33. The normalized spacial score (nSPS) is 16.4. The summed E-state index contributed by atoms with van der Waals surface area (Å²) < 4.78 is 7.66. The van der Waals surface area contributed by atoms with Crippen LogP contribution in [0.3, 0.4) is 0 Å². The number of rotatable bonds is 8. The molecule has 7 nitrogen and oxygen atoms in total. The van der Waals surface area contributed by atoms with E-state index in [9.17, 15) is 9.90 Å². The molecule has 0 saturated carbocycles. The number of aromatic nitrogens is 2. The smallest absolute Gasteiger partial charge is 0.269 e. The average molecular weight is 455 g/mol. The number of nitrogens with one attached hydrogen (secondary N) is 1. The van der Waals surface area contributed by atoms with Crippen LogP contribution < -0.4 is 10.1 Å². The zero-order chi connectivity index (χ0) is 21.7. The molecule has 3 rings (SSSR count). The lowest BCUT2D eigenvalue weighted by molar-refractivity contribution is 0.0592. The van der Waals surface area contributed by atoms with Gasteiger partial charge in [-0.05, 0) is 44.9 Å². The largest absolute Gasteiger partial charge is 0.490 e. The van der Waals surface area contributed by atoms with Crippen molar-refractivity contribution in [1.82, 2.24) is 20.0 Å². The number of aliphatic hydroxyl groups is 1. The van der Waals surface area contributed by atoms with Crippen LogP contribution in [0.1, 0.15) is 35.9 Å². The van der Waals surface area contributed by atoms with Crippen LogP contribution in [-0.2, 0) is 6.54 Å². The fourth-order valence-corrected chi connectivity index (χ4v) is 3.87. The Hall–Kier alpha value is -1.80. The number of carbonyl (C=O) groups is 1. The zero-order valence-corrected chi connectivity index (χ0v) is 18.8. The third-order valence-electron chi connectivity index (χ3n) is 5.13. The van der Waals surface area contributed by atoms with Crippen molar-refractivity contribution in [1.29, 1.82) is 0 Å². The van der Waals surface area contributed by atoms with Crippen LogP contribution in [0, 0.1) is 6.92 Å². The Morgan fingerprint density at radius 3 is 2.70 bits per heavy atom. The molecular formula is C21H28Cl2N4O3. The number of aryl methyl sites for hydroxylation is 2. The Kier molecular flexibility index (Phi) is 7.99. The molecule has 0 aliphatic carbocycles. The maximum Gasteiger partial charge on any atom is 0.269 e. The maximum atomic E-state index is 12.4. The topological polar surface area (TPSA) is 79.6 Å². The van der Waals surface area contributed by atoms with E-state index < -0.39 is 6.10 Å². The molecule has 1 atom stereocenters. The van der Waals surface area contributed by atoms with Gasteiger partial charge in [0.05, 0.1) is 21.8 Å². The third kappa shape index (κ3) is 6.11. The second-order valence-corrected chi connectivity index (χ2v) is 8.36. The highest BCUT2D eigenvalue weighted by Gasteiger charge is 2.23. The Bertz CT molecular complexity index is 866. The lowest BCUT2D eigenvalue weighted by Crippen LogP contribution is -2.45. The summed E-state index contributed by atoms with van der Waals surface area (Å²) in [6, 6.07) is 7.03. The Balaban J connectivity index is 1.40. The number of hydrogen-bond donors (Lipinski definition) is 2. The van der Waals surface area contributed by atoms with E-state index in [-0.39, 0.29) is 18.6 Å². The number of piperidine rings is 1. The predicted molar refractivity (Wildman–Crippen MR) is 118 cm³/mol. The van der Waals surface area contributed by atoms with Gasteiger partial charge in [-0.1, -0.05) is 23.2 Å². The number of amides is 1. The minimum atomic E-state index is -0.638. The number of ether oxygens (including phenoxy) is 1. The number of likely N-dealkylation sites (tertiary alicyclic amines) is 1. The first kappa shape index (κ1) is 22.9. The van der Waals surface area contributed by atoms with Crippen LogP contribution in [0.15, 0.2) is 24.3 Å². The third-order valence-corrected chi connectivity index (χ3v) is 5.87. The van der Waals surface area contributed by atoms with Gasteiger partial charge in [0.1, 0.15) is 17.5 Å². The molecule has 1 aliphatic rings. The van der Waals surface area contributed by atoms with Crippen molar-refractivity contribution in [2.75, 3.05) is 26.2 Å². The molecule has 2 heterocycles. The molecular weight excluding hydrogens is 427 g/mol. The highest BCUT2D eigenvalue weighted by Crippen LogP contribution is 2.28. The molecule has 2 N–H and O–H groups in total. The average Bonchev–Trinajstić information content (AvgIpc) is 3.11. The lowest BCUT2D eigenvalue weighted by atomic mass is 10.1. The Morgan fingerprint density at radius 2 is 2.03 bits per heavy atom. The molecule has 164 valence electrons. The summed E-state index contributed by atoms with van der Waals surface area (Å²) in [5, 5.41) is 18.4. The van der Waals surface area contributed by atoms with E-state index in [1.807, 2.05) is 19.9 Å². The van der Waals surface area contributed by atoms with Gasteiger partial charge in [0.2, 0.25) is 0 Å². The Morgan fingerprint density at radius 1 is 1.30 bits per heavy atom. The van der Waals surface area contributed by atoms with Gasteiger partial charge in [-0.25, -0.2) is 0 Å². The van der Waals surface area contributed by atoms with Crippen LogP contribution in [0.25, 0.3) is 0 Å². The number of carbonyl (C=O) groups excluding carboxylic acids is 1. The van der Waals surface area contributed by atoms with Crippen molar-refractivity contribution in [3.63, 3.8) is 0 Å². The van der Waals surface area contributed by atoms with E-state index in [4.69, 9.17) is 27.9 Å². The number of nitrogens with zero attached hydrogens (tertiary/aromatic N) is 3. The first-order valence-electron chi connectivity index (χ1n) is 10.2.